The van der Waals surface area contributed by atoms with Crippen LogP contribution in [0.3, 0.4) is 0 Å². The Morgan fingerprint density at radius 2 is 2.18 bits per heavy atom. The molecule has 2 N–H and O–H groups in total. The normalized spacial score (nSPS) is 18.2. The number of hydrogen-bond donors (Lipinski definition) is 1. The summed E-state index contributed by atoms with van der Waals surface area (Å²) in [5, 5.41) is 0. The van der Waals surface area contributed by atoms with Gasteiger partial charge in [-0.2, -0.15) is 0 Å². The molecule has 0 unspecified atom stereocenters. The fraction of sp³-hybridized carbons (Fsp3) is 0.462. The van der Waals surface area contributed by atoms with Crippen molar-refractivity contribution in [2.45, 2.75) is 13.0 Å². The molecule has 0 atom stereocenters. The van der Waals surface area contributed by atoms with Gasteiger partial charge in [0.1, 0.15) is 0 Å². The Morgan fingerprint density at radius 3 is 2.94 bits per heavy atom. The smallest absolute Gasteiger partial charge is 0.236 e. The Morgan fingerprint density at radius 1 is 1.35 bits per heavy atom. The van der Waals surface area contributed by atoms with Gasteiger partial charge in [0.25, 0.3) is 0 Å². The van der Waals surface area contributed by atoms with E-state index in [9.17, 15) is 4.79 Å². The number of nitrogens with zero attached hydrogens (tertiary/aromatic N) is 2. The summed E-state index contributed by atoms with van der Waals surface area (Å²) < 4.78 is 0. The Hall–Kier alpha value is -1.55. The number of hydrogen-bond acceptors (Lipinski definition) is 3. The SMILES string of the molecule is CN1CCCN(Cc2cccc(N)c2)CC1=O. The van der Waals surface area contributed by atoms with Crippen LogP contribution in [-0.4, -0.2) is 42.4 Å². The van der Waals surface area contributed by atoms with Crippen molar-refractivity contribution in [3.63, 3.8) is 0 Å². The minimum atomic E-state index is 0.200. The molecule has 1 aromatic rings. The molecule has 1 aromatic carbocycles. The first-order valence-corrected chi connectivity index (χ1v) is 5.96. The second kappa shape index (κ2) is 5.19. The van der Waals surface area contributed by atoms with E-state index in [-0.39, 0.29) is 5.91 Å². The van der Waals surface area contributed by atoms with Crippen LogP contribution in [-0.2, 0) is 11.3 Å². The number of carbonyl (C=O) groups is 1. The first-order valence-electron chi connectivity index (χ1n) is 5.96. The number of benzene rings is 1. The molecule has 0 saturated carbocycles. The van der Waals surface area contributed by atoms with Gasteiger partial charge in [-0.1, -0.05) is 12.1 Å². The largest absolute Gasteiger partial charge is 0.399 e. The third-order valence-corrected chi connectivity index (χ3v) is 3.11. The van der Waals surface area contributed by atoms with E-state index in [1.165, 1.54) is 5.56 Å². The van der Waals surface area contributed by atoms with Gasteiger partial charge in [-0.15, -0.1) is 0 Å². The molecule has 17 heavy (non-hydrogen) atoms. The van der Waals surface area contributed by atoms with E-state index in [2.05, 4.69) is 11.0 Å². The minimum Gasteiger partial charge on any atom is -0.399 e. The Kier molecular flexibility index (Phi) is 3.64. The molecular weight excluding hydrogens is 214 g/mol. The monoisotopic (exact) mass is 233 g/mol. The molecule has 2 rings (SSSR count). The van der Waals surface area contributed by atoms with Gasteiger partial charge in [0, 0.05) is 32.4 Å². The molecular formula is C13H19N3O. The fourth-order valence-electron chi connectivity index (χ4n) is 2.13. The van der Waals surface area contributed by atoms with Crippen molar-refractivity contribution >= 4 is 11.6 Å². The molecule has 0 radical (unpaired) electrons. The van der Waals surface area contributed by atoms with Gasteiger partial charge in [-0.3, -0.25) is 9.69 Å². The summed E-state index contributed by atoms with van der Waals surface area (Å²) in [6.45, 7) is 3.12. The minimum absolute atomic E-state index is 0.200. The molecule has 1 saturated heterocycles. The number of nitrogen functional groups attached to an aromatic ring is 1. The maximum absolute atomic E-state index is 11.7. The Balaban J connectivity index is 2.01. The van der Waals surface area contributed by atoms with Gasteiger partial charge in [0.05, 0.1) is 6.54 Å². The van der Waals surface area contributed by atoms with Gasteiger partial charge in [0.2, 0.25) is 5.91 Å². The average Bonchev–Trinajstić information content (AvgIpc) is 2.42. The van der Waals surface area contributed by atoms with Crippen LogP contribution in [0.15, 0.2) is 24.3 Å². The topological polar surface area (TPSA) is 49.6 Å². The molecule has 0 aromatic heterocycles. The molecule has 1 heterocycles. The number of rotatable bonds is 2. The molecule has 1 fully saturated rings. The summed E-state index contributed by atoms with van der Waals surface area (Å²) in [5.74, 6) is 0.200. The second-order valence-electron chi connectivity index (χ2n) is 4.62. The molecule has 0 bridgehead atoms. The first kappa shape index (κ1) is 11.9. The molecule has 4 nitrogen and oxygen atoms in total. The van der Waals surface area contributed by atoms with E-state index in [1.807, 2.05) is 25.2 Å². The Labute approximate surface area is 102 Å². The lowest BCUT2D eigenvalue weighted by Gasteiger charge is -2.19. The fourth-order valence-corrected chi connectivity index (χ4v) is 2.13. The van der Waals surface area contributed by atoms with E-state index in [0.717, 1.165) is 31.7 Å². The quantitative estimate of drug-likeness (QED) is 0.773. The molecule has 1 amide bonds. The highest BCUT2D eigenvalue weighted by molar-refractivity contribution is 5.78. The van der Waals surface area contributed by atoms with Crippen molar-refractivity contribution < 1.29 is 4.79 Å². The zero-order valence-electron chi connectivity index (χ0n) is 10.2. The molecule has 92 valence electrons. The van der Waals surface area contributed by atoms with Crippen LogP contribution in [0.1, 0.15) is 12.0 Å². The van der Waals surface area contributed by atoms with Gasteiger partial charge in [0.15, 0.2) is 0 Å². The maximum Gasteiger partial charge on any atom is 0.236 e. The van der Waals surface area contributed by atoms with Gasteiger partial charge in [-0.05, 0) is 24.1 Å². The number of anilines is 1. The zero-order valence-corrected chi connectivity index (χ0v) is 10.2. The first-order chi connectivity index (χ1) is 8.15. The van der Waals surface area contributed by atoms with E-state index in [4.69, 9.17) is 5.73 Å². The summed E-state index contributed by atoms with van der Waals surface area (Å²) in [7, 11) is 1.87. The molecule has 0 aliphatic carbocycles. The summed E-state index contributed by atoms with van der Waals surface area (Å²) in [4.78, 5) is 15.7. The summed E-state index contributed by atoms with van der Waals surface area (Å²) in [5.41, 5.74) is 7.70. The third-order valence-electron chi connectivity index (χ3n) is 3.11. The predicted octanol–water partition coefficient (Wildman–Crippen LogP) is 0.933. The zero-order chi connectivity index (χ0) is 12.3. The van der Waals surface area contributed by atoms with Crippen LogP contribution in [0.2, 0.25) is 0 Å². The van der Waals surface area contributed by atoms with Gasteiger partial charge < -0.3 is 10.6 Å². The van der Waals surface area contributed by atoms with Crippen molar-refractivity contribution in [1.29, 1.82) is 0 Å². The van der Waals surface area contributed by atoms with E-state index >= 15 is 0 Å². The summed E-state index contributed by atoms with van der Waals surface area (Å²) in [6.07, 6.45) is 1.03. The summed E-state index contributed by atoms with van der Waals surface area (Å²) in [6, 6.07) is 7.86. The molecule has 0 spiro atoms. The van der Waals surface area contributed by atoms with Crippen LogP contribution in [0.25, 0.3) is 0 Å². The predicted molar refractivity (Wildman–Crippen MR) is 68.4 cm³/mol. The second-order valence-corrected chi connectivity index (χ2v) is 4.62. The molecule has 1 aliphatic rings. The van der Waals surface area contributed by atoms with Crippen molar-refractivity contribution in [2.75, 3.05) is 32.4 Å². The van der Waals surface area contributed by atoms with Gasteiger partial charge in [-0.25, -0.2) is 0 Å². The number of nitrogens with two attached hydrogens (primary N) is 1. The van der Waals surface area contributed by atoms with E-state index in [1.54, 1.807) is 4.90 Å². The molecule has 4 heteroatoms. The highest BCUT2D eigenvalue weighted by atomic mass is 16.2. The third kappa shape index (κ3) is 3.20. The maximum atomic E-state index is 11.7. The van der Waals surface area contributed by atoms with Gasteiger partial charge >= 0.3 is 0 Å². The molecule has 1 aliphatic heterocycles. The lowest BCUT2D eigenvalue weighted by atomic mass is 10.2. The number of likely N-dealkylation sites (N-methyl/N-ethyl adjacent to an activating group) is 1. The number of amides is 1. The van der Waals surface area contributed by atoms with Crippen LogP contribution < -0.4 is 5.73 Å². The average molecular weight is 233 g/mol. The standard InChI is InChI=1S/C13H19N3O/c1-15-6-3-7-16(10-13(15)17)9-11-4-2-5-12(14)8-11/h2,4-5,8H,3,6-7,9-10,14H2,1H3. The summed E-state index contributed by atoms with van der Waals surface area (Å²) >= 11 is 0. The Bertz CT molecular complexity index is 405. The lowest BCUT2D eigenvalue weighted by Crippen LogP contribution is -2.34. The van der Waals surface area contributed by atoms with Crippen LogP contribution in [0, 0.1) is 0 Å². The van der Waals surface area contributed by atoms with E-state index < -0.39 is 0 Å². The van der Waals surface area contributed by atoms with Crippen LogP contribution in [0.5, 0.6) is 0 Å². The highest BCUT2D eigenvalue weighted by Crippen LogP contribution is 2.11. The van der Waals surface area contributed by atoms with Crippen molar-refractivity contribution in [2.24, 2.45) is 0 Å². The van der Waals surface area contributed by atoms with Crippen molar-refractivity contribution in [3.05, 3.63) is 29.8 Å². The van der Waals surface area contributed by atoms with E-state index in [0.29, 0.717) is 6.54 Å². The number of carbonyl (C=O) groups excluding carboxylic acids is 1. The lowest BCUT2D eigenvalue weighted by molar-refractivity contribution is -0.129. The van der Waals surface area contributed by atoms with Crippen LogP contribution in [0.4, 0.5) is 5.69 Å². The van der Waals surface area contributed by atoms with Crippen molar-refractivity contribution in [1.82, 2.24) is 9.80 Å². The van der Waals surface area contributed by atoms with Crippen LogP contribution >= 0.6 is 0 Å². The van der Waals surface area contributed by atoms with Crippen molar-refractivity contribution in [3.8, 4) is 0 Å². The highest BCUT2D eigenvalue weighted by Gasteiger charge is 2.18.